The second-order valence-corrected chi connectivity index (χ2v) is 9.13. The molecule has 1 aliphatic carbocycles. The van der Waals surface area contributed by atoms with Gasteiger partial charge in [0.2, 0.25) is 0 Å². The van der Waals surface area contributed by atoms with Gasteiger partial charge in [-0.1, -0.05) is 30.3 Å². The summed E-state index contributed by atoms with van der Waals surface area (Å²) >= 11 is 0. The van der Waals surface area contributed by atoms with Gasteiger partial charge < -0.3 is 5.32 Å². The van der Waals surface area contributed by atoms with E-state index in [2.05, 4.69) is 10.4 Å². The Kier molecular flexibility index (Phi) is 4.11. The number of rotatable bonds is 5. The van der Waals surface area contributed by atoms with Crippen LogP contribution in [0.25, 0.3) is 0 Å². The Labute approximate surface area is 147 Å². The number of aromatic nitrogens is 2. The summed E-state index contributed by atoms with van der Waals surface area (Å²) in [6, 6.07) is 11.4. The fraction of sp³-hybridized carbons (Fsp3) is 0.444. The Bertz CT molecular complexity index is 886. The molecular weight excluding hydrogens is 338 g/mol. The molecule has 2 fully saturated rings. The number of sulfone groups is 1. The van der Waals surface area contributed by atoms with E-state index in [1.165, 1.54) is 0 Å². The van der Waals surface area contributed by atoms with Gasteiger partial charge in [-0.05, 0) is 30.9 Å². The summed E-state index contributed by atoms with van der Waals surface area (Å²) in [6.45, 7) is 0.448. The first kappa shape index (κ1) is 16.3. The third-order valence-electron chi connectivity index (χ3n) is 4.84. The Morgan fingerprint density at radius 3 is 2.60 bits per heavy atom. The third-order valence-corrected chi connectivity index (χ3v) is 6.59. The molecule has 4 rings (SSSR count). The van der Waals surface area contributed by atoms with Crippen LogP contribution >= 0.6 is 0 Å². The fourth-order valence-electron chi connectivity index (χ4n) is 3.33. The smallest absolute Gasteiger partial charge is 0.272 e. The van der Waals surface area contributed by atoms with Gasteiger partial charge >= 0.3 is 0 Å². The Balaban J connectivity index is 1.52. The molecule has 1 aromatic heterocycles. The summed E-state index contributed by atoms with van der Waals surface area (Å²) in [7, 11) is -2.98. The van der Waals surface area contributed by atoms with Crippen LogP contribution in [0.2, 0.25) is 0 Å². The Morgan fingerprint density at radius 2 is 1.96 bits per heavy atom. The highest BCUT2D eigenvalue weighted by Gasteiger charge is 2.36. The molecule has 0 radical (unpaired) electrons. The first-order valence-electron chi connectivity index (χ1n) is 8.64. The van der Waals surface area contributed by atoms with Gasteiger partial charge in [0.25, 0.3) is 5.91 Å². The van der Waals surface area contributed by atoms with Gasteiger partial charge in [-0.3, -0.25) is 9.48 Å². The molecular formula is C18H21N3O3S. The topological polar surface area (TPSA) is 81.1 Å². The third kappa shape index (κ3) is 3.61. The van der Waals surface area contributed by atoms with E-state index in [-0.39, 0.29) is 23.5 Å². The van der Waals surface area contributed by atoms with E-state index in [9.17, 15) is 13.2 Å². The quantitative estimate of drug-likeness (QED) is 0.886. The van der Waals surface area contributed by atoms with Crippen molar-refractivity contribution < 1.29 is 13.2 Å². The summed E-state index contributed by atoms with van der Waals surface area (Å²) in [5, 5.41) is 7.36. The van der Waals surface area contributed by atoms with Gasteiger partial charge in [0.15, 0.2) is 9.84 Å². The van der Waals surface area contributed by atoms with E-state index in [1.54, 1.807) is 4.68 Å². The number of amides is 1. The summed E-state index contributed by atoms with van der Waals surface area (Å²) in [5.41, 5.74) is 2.41. The minimum atomic E-state index is -2.98. The van der Waals surface area contributed by atoms with Crippen molar-refractivity contribution in [3.05, 3.63) is 53.3 Å². The molecule has 1 saturated carbocycles. The van der Waals surface area contributed by atoms with E-state index >= 15 is 0 Å². The van der Waals surface area contributed by atoms with Crippen molar-refractivity contribution in [2.75, 3.05) is 11.5 Å². The second kappa shape index (κ2) is 6.29. The summed E-state index contributed by atoms with van der Waals surface area (Å²) < 4.78 is 25.4. The lowest BCUT2D eigenvalue weighted by molar-refractivity contribution is 0.0945. The molecule has 1 N–H and O–H groups in total. The molecule has 2 heterocycles. The van der Waals surface area contributed by atoms with Crippen LogP contribution in [-0.2, 0) is 16.4 Å². The summed E-state index contributed by atoms with van der Waals surface area (Å²) in [5.74, 6) is 0.522. The molecule has 0 spiro atoms. The number of nitrogens with one attached hydrogen (secondary N) is 1. The molecule has 2 aromatic rings. The molecule has 1 amide bonds. The molecule has 0 bridgehead atoms. The highest BCUT2D eigenvalue weighted by molar-refractivity contribution is 7.91. The Hall–Kier alpha value is -2.15. The molecule has 132 valence electrons. The zero-order valence-corrected chi connectivity index (χ0v) is 14.7. The predicted octanol–water partition coefficient (Wildman–Crippen LogP) is 2.05. The predicted molar refractivity (Wildman–Crippen MR) is 94.1 cm³/mol. The maximum atomic E-state index is 12.5. The lowest BCUT2D eigenvalue weighted by atomic mass is 10.2. The van der Waals surface area contributed by atoms with Crippen LogP contribution in [0, 0.1) is 0 Å². The maximum Gasteiger partial charge on any atom is 0.272 e. The van der Waals surface area contributed by atoms with Gasteiger partial charge in [0.05, 0.1) is 17.5 Å². The van der Waals surface area contributed by atoms with Gasteiger partial charge in [-0.2, -0.15) is 5.10 Å². The Morgan fingerprint density at radius 1 is 1.20 bits per heavy atom. The molecule has 6 nitrogen and oxygen atoms in total. The summed E-state index contributed by atoms with van der Waals surface area (Å²) in [4.78, 5) is 12.5. The number of carbonyl (C=O) groups excluding carboxylic acids is 1. The maximum absolute atomic E-state index is 12.5. The van der Waals surface area contributed by atoms with Crippen LogP contribution in [0.3, 0.4) is 0 Å². The van der Waals surface area contributed by atoms with Crippen molar-refractivity contribution in [1.82, 2.24) is 15.1 Å². The van der Waals surface area contributed by atoms with Crippen molar-refractivity contribution >= 4 is 15.7 Å². The van der Waals surface area contributed by atoms with Crippen LogP contribution < -0.4 is 5.32 Å². The molecule has 1 atom stereocenters. The lowest BCUT2D eigenvalue weighted by Gasteiger charge is -2.12. The minimum Gasteiger partial charge on any atom is -0.347 e. The first-order valence-corrected chi connectivity index (χ1v) is 10.5. The number of hydrogen-bond donors (Lipinski definition) is 1. The minimum absolute atomic E-state index is 0.124. The molecule has 7 heteroatoms. The second-order valence-electron chi connectivity index (χ2n) is 6.90. The molecule has 1 unspecified atom stereocenters. The van der Waals surface area contributed by atoms with Crippen LogP contribution in [-0.4, -0.2) is 35.6 Å². The molecule has 1 aliphatic heterocycles. The van der Waals surface area contributed by atoms with Crippen molar-refractivity contribution in [1.29, 1.82) is 0 Å². The highest BCUT2D eigenvalue weighted by atomic mass is 32.2. The largest absolute Gasteiger partial charge is 0.347 e. The molecule has 1 saturated heterocycles. The first-order chi connectivity index (χ1) is 12.0. The van der Waals surface area contributed by atoms with Crippen molar-refractivity contribution in [3.63, 3.8) is 0 Å². The van der Waals surface area contributed by atoms with E-state index < -0.39 is 9.84 Å². The van der Waals surface area contributed by atoms with Gasteiger partial charge in [0, 0.05) is 18.2 Å². The van der Waals surface area contributed by atoms with E-state index in [0.29, 0.717) is 24.6 Å². The fourth-order valence-corrected chi connectivity index (χ4v) is 5.03. The van der Waals surface area contributed by atoms with Gasteiger partial charge in [-0.15, -0.1) is 0 Å². The van der Waals surface area contributed by atoms with Crippen molar-refractivity contribution in [2.24, 2.45) is 0 Å². The molecule has 1 aromatic carbocycles. The molecule has 2 aliphatic rings. The van der Waals surface area contributed by atoms with Gasteiger partial charge in [0.1, 0.15) is 5.69 Å². The SMILES string of the molecule is O=C(NCc1ccccc1)c1cc(C2CC2)n(C2CCS(=O)(=O)C2)n1. The van der Waals surface area contributed by atoms with E-state index in [4.69, 9.17) is 0 Å². The number of benzene rings is 1. The van der Waals surface area contributed by atoms with Crippen LogP contribution in [0.4, 0.5) is 0 Å². The number of hydrogen-bond acceptors (Lipinski definition) is 4. The number of nitrogens with zero attached hydrogens (tertiary/aromatic N) is 2. The van der Waals surface area contributed by atoms with Crippen molar-refractivity contribution in [3.8, 4) is 0 Å². The highest BCUT2D eigenvalue weighted by Crippen LogP contribution is 2.42. The summed E-state index contributed by atoms with van der Waals surface area (Å²) in [6.07, 6.45) is 2.74. The molecule has 25 heavy (non-hydrogen) atoms. The zero-order chi connectivity index (χ0) is 17.4. The zero-order valence-electron chi connectivity index (χ0n) is 13.9. The normalized spacial score (nSPS) is 22.0. The van der Waals surface area contributed by atoms with Crippen molar-refractivity contribution in [2.45, 2.75) is 37.8 Å². The monoisotopic (exact) mass is 359 g/mol. The van der Waals surface area contributed by atoms with Crippen LogP contribution in [0.5, 0.6) is 0 Å². The van der Waals surface area contributed by atoms with Crippen LogP contribution in [0.15, 0.2) is 36.4 Å². The average molecular weight is 359 g/mol. The van der Waals surface area contributed by atoms with Crippen LogP contribution in [0.1, 0.15) is 53.0 Å². The lowest BCUT2D eigenvalue weighted by Crippen LogP contribution is -2.24. The number of carbonyl (C=O) groups is 1. The van der Waals surface area contributed by atoms with E-state index in [1.807, 2.05) is 36.4 Å². The van der Waals surface area contributed by atoms with Gasteiger partial charge in [-0.25, -0.2) is 8.42 Å². The average Bonchev–Trinajstić information content (AvgIpc) is 3.25. The standard InChI is InChI=1S/C18H21N3O3S/c22-18(19-11-13-4-2-1-3-5-13)16-10-17(14-6-7-14)21(20-16)15-8-9-25(23,24)12-15/h1-5,10,14-15H,6-9,11-12H2,(H,19,22). The van der Waals surface area contributed by atoms with E-state index in [0.717, 1.165) is 24.1 Å².